The summed E-state index contributed by atoms with van der Waals surface area (Å²) in [5.74, 6) is 0. The highest BCUT2D eigenvalue weighted by Gasteiger charge is 2.19. The molecule has 0 aromatic rings. The van der Waals surface area contributed by atoms with Crippen LogP contribution in [0.15, 0.2) is 0 Å². The number of halogens is 1. The van der Waals surface area contributed by atoms with Gasteiger partial charge in [0.1, 0.15) is 6.54 Å². The standard InChI is InChI=1S/C15H34NO.BrH/c1-4-6-8-10-12-16(3,14-15-17)13-11-9-7-5-2;/h17H,4-15H2,1-3H3;1H/q+1;/p-1. The Morgan fingerprint density at radius 1 is 0.722 bits per heavy atom. The van der Waals surface area contributed by atoms with Crippen molar-refractivity contribution in [3.63, 3.8) is 0 Å². The molecular formula is C15H34BrNO. The van der Waals surface area contributed by atoms with Crippen LogP contribution in [0.4, 0.5) is 0 Å². The number of likely N-dealkylation sites (N-methyl/N-ethyl adjacent to an activating group) is 1. The Balaban J connectivity index is 0. The third-order valence-electron chi connectivity index (χ3n) is 3.74. The van der Waals surface area contributed by atoms with E-state index in [1.807, 2.05) is 0 Å². The van der Waals surface area contributed by atoms with Gasteiger partial charge in [-0.1, -0.05) is 39.5 Å². The van der Waals surface area contributed by atoms with Crippen molar-refractivity contribution in [1.82, 2.24) is 0 Å². The van der Waals surface area contributed by atoms with E-state index in [9.17, 15) is 5.11 Å². The zero-order chi connectivity index (χ0) is 13.0. The zero-order valence-corrected chi connectivity index (χ0v) is 14.3. The van der Waals surface area contributed by atoms with E-state index in [2.05, 4.69) is 20.9 Å². The summed E-state index contributed by atoms with van der Waals surface area (Å²) >= 11 is 0. The van der Waals surface area contributed by atoms with E-state index in [0.29, 0.717) is 6.61 Å². The molecule has 0 aliphatic rings. The SMILES string of the molecule is CCCCCC[N+](C)(CCO)CCCCCC.[Br-]. The minimum absolute atomic E-state index is 0. The minimum atomic E-state index is 0. The first-order valence-corrected chi connectivity index (χ1v) is 7.63. The molecule has 0 aromatic carbocycles. The van der Waals surface area contributed by atoms with Crippen LogP contribution in [0.5, 0.6) is 0 Å². The number of hydrogen-bond acceptors (Lipinski definition) is 1. The molecular weight excluding hydrogens is 290 g/mol. The quantitative estimate of drug-likeness (QED) is 0.412. The average Bonchev–Trinajstić information content (AvgIpc) is 2.31. The molecule has 112 valence electrons. The Labute approximate surface area is 125 Å². The second-order valence-corrected chi connectivity index (χ2v) is 5.64. The Morgan fingerprint density at radius 3 is 1.50 bits per heavy atom. The largest absolute Gasteiger partial charge is 1.00 e. The number of quaternary nitrogens is 1. The lowest BCUT2D eigenvalue weighted by atomic mass is 10.1. The van der Waals surface area contributed by atoms with Crippen molar-refractivity contribution in [3.05, 3.63) is 0 Å². The van der Waals surface area contributed by atoms with Crippen molar-refractivity contribution in [2.24, 2.45) is 0 Å². The van der Waals surface area contributed by atoms with Crippen molar-refractivity contribution in [1.29, 1.82) is 0 Å². The van der Waals surface area contributed by atoms with Crippen LogP contribution in [0.25, 0.3) is 0 Å². The highest BCUT2D eigenvalue weighted by molar-refractivity contribution is 4.46. The highest BCUT2D eigenvalue weighted by atomic mass is 79.9. The summed E-state index contributed by atoms with van der Waals surface area (Å²) in [5.41, 5.74) is 0. The Kier molecular flexibility index (Phi) is 15.9. The normalized spacial score (nSPS) is 11.3. The predicted molar refractivity (Wildman–Crippen MR) is 76.2 cm³/mol. The minimum Gasteiger partial charge on any atom is -1.00 e. The monoisotopic (exact) mass is 323 g/mol. The van der Waals surface area contributed by atoms with Gasteiger partial charge in [0.05, 0.1) is 26.7 Å². The van der Waals surface area contributed by atoms with Crippen LogP contribution in [0, 0.1) is 0 Å². The van der Waals surface area contributed by atoms with Gasteiger partial charge < -0.3 is 26.6 Å². The van der Waals surface area contributed by atoms with Crippen LogP contribution in [0.3, 0.4) is 0 Å². The molecule has 3 heteroatoms. The topological polar surface area (TPSA) is 20.2 Å². The summed E-state index contributed by atoms with van der Waals surface area (Å²) in [6.07, 6.45) is 10.7. The first-order chi connectivity index (χ1) is 8.18. The van der Waals surface area contributed by atoms with E-state index in [1.54, 1.807) is 0 Å². The maximum absolute atomic E-state index is 9.19. The molecule has 1 N–H and O–H groups in total. The number of aliphatic hydroxyl groups is 1. The molecule has 0 spiro atoms. The van der Waals surface area contributed by atoms with Crippen LogP contribution in [0.1, 0.15) is 65.2 Å². The zero-order valence-electron chi connectivity index (χ0n) is 12.8. The lowest BCUT2D eigenvalue weighted by molar-refractivity contribution is -0.910. The van der Waals surface area contributed by atoms with E-state index in [4.69, 9.17) is 0 Å². The Bertz CT molecular complexity index is 153. The molecule has 0 aliphatic carbocycles. The van der Waals surface area contributed by atoms with E-state index in [-0.39, 0.29) is 17.0 Å². The number of unbranched alkanes of at least 4 members (excludes halogenated alkanes) is 6. The number of rotatable bonds is 12. The number of hydrogen-bond donors (Lipinski definition) is 1. The van der Waals surface area contributed by atoms with Gasteiger partial charge in [0.2, 0.25) is 0 Å². The molecule has 0 fully saturated rings. The van der Waals surface area contributed by atoms with E-state index in [0.717, 1.165) is 11.0 Å². The predicted octanol–water partition coefficient (Wildman–Crippen LogP) is 0.590. The first-order valence-electron chi connectivity index (χ1n) is 7.63. The fourth-order valence-corrected chi connectivity index (χ4v) is 2.42. The molecule has 0 amide bonds. The third-order valence-corrected chi connectivity index (χ3v) is 3.74. The summed E-state index contributed by atoms with van der Waals surface area (Å²) < 4.78 is 1.07. The summed E-state index contributed by atoms with van der Waals surface area (Å²) in [4.78, 5) is 0. The van der Waals surface area contributed by atoms with Crippen molar-refractivity contribution in [3.8, 4) is 0 Å². The summed E-state index contributed by atoms with van der Waals surface area (Å²) in [7, 11) is 2.31. The summed E-state index contributed by atoms with van der Waals surface area (Å²) in [5, 5.41) is 9.19. The van der Waals surface area contributed by atoms with Crippen molar-refractivity contribution >= 4 is 0 Å². The molecule has 0 saturated carbocycles. The van der Waals surface area contributed by atoms with Crippen LogP contribution < -0.4 is 17.0 Å². The molecule has 2 nitrogen and oxygen atoms in total. The van der Waals surface area contributed by atoms with E-state index in [1.165, 1.54) is 64.5 Å². The van der Waals surface area contributed by atoms with Gasteiger partial charge in [-0.15, -0.1) is 0 Å². The van der Waals surface area contributed by atoms with Gasteiger partial charge in [-0.05, 0) is 25.7 Å². The summed E-state index contributed by atoms with van der Waals surface area (Å²) in [6, 6.07) is 0. The number of aliphatic hydroxyl groups excluding tert-OH is 1. The van der Waals surface area contributed by atoms with Gasteiger partial charge in [-0.25, -0.2) is 0 Å². The molecule has 0 aliphatic heterocycles. The fourth-order valence-electron chi connectivity index (χ4n) is 2.42. The van der Waals surface area contributed by atoms with Gasteiger partial charge in [0.25, 0.3) is 0 Å². The molecule has 0 saturated heterocycles. The van der Waals surface area contributed by atoms with Crippen LogP contribution >= 0.6 is 0 Å². The van der Waals surface area contributed by atoms with Gasteiger partial charge in [-0.2, -0.15) is 0 Å². The van der Waals surface area contributed by atoms with Crippen LogP contribution in [0.2, 0.25) is 0 Å². The highest BCUT2D eigenvalue weighted by Crippen LogP contribution is 2.11. The maximum Gasteiger partial charge on any atom is 0.102 e. The molecule has 0 bridgehead atoms. The van der Waals surface area contributed by atoms with Crippen molar-refractivity contribution in [2.45, 2.75) is 65.2 Å². The second-order valence-electron chi connectivity index (χ2n) is 5.64. The van der Waals surface area contributed by atoms with Crippen LogP contribution in [-0.2, 0) is 0 Å². The Hall–Kier alpha value is 0.400. The molecule has 0 unspecified atom stereocenters. The van der Waals surface area contributed by atoms with Gasteiger partial charge in [0.15, 0.2) is 0 Å². The van der Waals surface area contributed by atoms with E-state index >= 15 is 0 Å². The van der Waals surface area contributed by atoms with Gasteiger partial charge >= 0.3 is 0 Å². The average molecular weight is 324 g/mol. The van der Waals surface area contributed by atoms with Gasteiger partial charge in [0, 0.05) is 0 Å². The second kappa shape index (κ2) is 13.8. The lowest BCUT2D eigenvalue weighted by Gasteiger charge is -2.34. The molecule has 0 atom stereocenters. The van der Waals surface area contributed by atoms with Crippen molar-refractivity contribution < 1.29 is 26.6 Å². The molecule has 0 heterocycles. The Morgan fingerprint density at radius 2 is 1.17 bits per heavy atom. The molecule has 0 rings (SSSR count). The van der Waals surface area contributed by atoms with Crippen LogP contribution in [-0.4, -0.2) is 42.9 Å². The van der Waals surface area contributed by atoms with E-state index < -0.39 is 0 Å². The van der Waals surface area contributed by atoms with Gasteiger partial charge in [-0.3, -0.25) is 0 Å². The molecule has 0 aromatic heterocycles. The number of nitrogens with zero attached hydrogens (tertiary/aromatic N) is 1. The summed E-state index contributed by atoms with van der Waals surface area (Å²) in [6.45, 7) is 8.26. The maximum atomic E-state index is 9.19. The molecule has 0 radical (unpaired) electrons. The molecule has 18 heavy (non-hydrogen) atoms. The fraction of sp³-hybridized carbons (Fsp3) is 1.00. The third kappa shape index (κ3) is 11.5. The smallest absolute Gasteiger partial charge is 0.102 e. The lowest BCUT2D eigenvalue weighted by Crippen LogP contribution is -3.00. The van der Waals surface area contributed by atoms with Crippen molar-refractivity contribution in [2.75, 3.05) is 33.3 Å². The first kappa shape index (κ1) is 20.7.